The zero-order valence-electron chi connectivity index (χ0n) is 10.5. The first-order chi connectivity index (χ1) is 7.77. The van der Waals surface area contributed by atoms with Crippen LogP contribution in [0.3, 0.4) is 0 Å². The Labute approximate surface area is 103 Å². The molecule has 0 saturated carbocycles. The number of hydrogen-bond acceptors (Lipinski definition) is 1. The van der Waals surface area contributed by atoms with Gasteiger partial charge in [0.2, 0.25) is 0 Å². The van der Waals surface area contributed by atoms with Gasteiger partial charge in [-0.2, -0.15) is 0 Å². The van der Waals surface area contributed by atoms with Crippen LogP contribution in [0.5, 0.6) is 0 Å². The number of nitrogens with zero attached hydrogens (tertiary/aromatic N) is 2. The molecule has 0 atom stereocenters. The van der Waals surface area contributed by atoms with Crippen molar-refractivity contribution in [3.63, 3.8) is 0 Å². The molecule has 92 valence electrons. The molecular weight excluding hydrogens is 212 g/mol. The van der Waals surface area contributed by atoms with E-state index in [-0.39, 0.29) is 5.48 Å². The minimum Gasteiger partial charge on any atom is -0.870 e. The van der Waals surface area contributed by atoms with Gasteiger partial charge in [-0.3, -0.25) is 0 Å². The molecule has 0 unspecified atom stereocenters. The average Bonchev–Trinajstić information content (AvgIpc) is 2.62. The van der Waals surface area contributed by atoms with Crippen LogP contribution in [0, 0.1) is 6.92 Å². The predicted octanol–water partition coefficient (Wildman–Crippen LogP) is 2.08. The number of benzene rings is 1. The van der Waals surface area contributed by atoms with Crippen LogP contribution in [-0.4, -0.2) is 10.0 Å². The summed E-state index contributed by atoms with van der Waals surface area (Å²) >= 11 is 0. The minimum atomic E-state index is 0. The summed E-state index contributed by atoms with van der Waals surface area (Å²) in [5.74, 6) is 1.31. The largest absolute Gasteiger partial charge is 0.870 e. The molecule has 0 aliphatic heterocycles. The summed E-state index contributed by atoms with van der Waals surface area (Å²) in [6.45, 7) is 3.25. The molecule has 0 bridgehead atoms. The van der Waals surface area contributed by atoms with E-state index in [1.807, 2.05) is 0 Å². The topological polar surface area (TPSA) is 38.8 Å². The maximum atomic E-state index is 2.31. The molecule has 0 saturated heterocycles. The zero-order chi connectivity index (χ0) is 11.4. The summed E-state index contributed by atoms with van der Waals surface area (Å²) in [4.78, 5) is 0. The lowest BCUT2D eigenvalue weighted by Gasteiger charge is -2.00. The molecule has 3 nitrogen and oxygen atoms in total. The Morgan fingerprint density at radius 2 is 1.88 bits per heavy atom. The van der Waals surface area contributed by atoms with Crippen LogP contribution < -0.4 is 4.57 Å². The molecule has 0 amide bonds. The van der Waals surface area contributed by atoms with Gasteiger partial charge in [0.05, 0.1) is 13.6 Å². The van der Waals surface area contributed by atoms with E-state index in [9.17, 15) is 0 Å². The van der Waals surface area contributed by atoms with Crippen LogP contribution >= 0.6 is 0 Å². The van der Waals surface area contributed by atoms with Gasteiger partial charge >= 0.3 is 0 Å². The van der Waals surface area contributed by atoms with Gasteiger partial charge in [-0.25, -0.2) is 9.13 Å². The van der Waals surface area contributed by atoms with Crippen LogP contribution in [0.1, 0.15) is 17.8 Å². The minimum absolute atomic E-state index is 0. The van der Waals surface area contributed by atoms with Crippen molar-refractivity contribution in [3.05, 3.63) is 54.1 Å². The number of imidazole rings is 1. The number of hydrogen-bond donors (Lipinski definition) is 0. The molecule has 1 N–H and O–H groups in total. The Kier molecular flexibility index (Phi) is 4.91. The molecular formula is C14H20N2O. The van der Waals surface area contributed by atoms with Crippen molar-refractivity contribution in [1.82, 2.24) is 4.57 Å². The highest BCUT2D eigenvalue weighted by Crippen LogP contribution is 2.04. The molecule has 1 aromatic heterocycles. The molecule has 1 heterocycles. The fourth-order valence-corrected chi connectivity index (χ4v) is 1.93. The maximum absolute atomic E-state index is 2.31. The van der Waals surface area contributed by atoms with Gasteiger partial charge < -0.3 is 5.48 Å². The molecule has 0 spiro atoms. The Morgan fingerprint density at radius 3 is 2.47 bits per heavy atom. The summed E-state index contributed by atoms with van der Waals surface area (Å²) in [5.41, 5.74) is 1.43. The average molecular weight is 232 g/mol. The number of aryl methyl sites for hydroxylation is 3. The van der Waals surface area contributed by atoms with Crippen LogP contribution in [-0.2, 0) is 20.0 Å². The quantitative estimate of drug-likeness (QED) is 0.744. The molecule has 3 heteroatoms. The van der Waals surface area contributed by atoms with Crippen LogP contribution in [0.4, 0.5) is 0 Å². The lowest BCUT2D eigenvalue weighted by atomic mass is 10.1. The highest BCUT2D eigenvalue weighted by molar-refractivity contribution is 5.14. The van der Waals surface area contributed by atoms with Crippen molar-refractivity contribution in [3.8, 4) is 0 Å². The van der Waals surface area contributed by atoms with Crippen molar-refractivity contribution in [2.45, 2.75) is 26.3 Å². The van der Waals surface area contributed by atoms with Crippen molar-refractivity contribution in [1.29, 1.82) is 0 Å². The van der Waals surface area contributed by atoms with Gasteiger partial charge in [0.15, 0.2) is 0 Å². The standard InChI is InChI=1S/C14H19N2.H2O/c1-13-15(2)11-12-16(13)10-6-9-14-7-4-3-5-8-14;/h3-5,7-8,11-12H,6,9-10H2,1-2H3;1H2/q+1;/p-1. The van der Waals surface area contributed by atoms with Gasteiger partial charge in [0.1, 0.15) is 12.4 Å². The summed E-state index contributed by atoms with van der Waals surface area (Å²) < 4.78 is 4.46. The third-order valence-electron chi connectivity index (χ3n) is 3.10. The van der Waals surface area contributed by atoms with E-state index >= 15 is 0 Å². The molecule has 0 fully saturated rings. The molecule has 0 radical (unpaired) electrons. The third-order valence-corrected chi connectivity index (χ3v) is 3.10. The van der Waals surface area contributed by atoms with Crippen LogP contribution in [0.15, 0.2) is 42.7 Å². The maximum Gasteiger partial charge on any atom is 0.253 e. The monoisotopic (exact) mass is 232 g/mol. The molecule has 2 aromatic rings. The van der Waals surface area contributed by atoms with E-state index in [4.69, 9.17) is 0 Å². The highest BCUT2D eigenvalue weighted by Gasteiger charge is 2.07. The first-order valence-corrected chi connectivity index (χ1v) is 5.82. The smallest absolute Gasteiger partial charge is 0.253 e. The van der Waals surface area contributed by atoms with E-state index < -0.39 is 0 Å². The first kappa shape index (κ1) is 13.5. The van der Waals surface area contributed by atoms with Crippen molar-refractivity contribution >= 4 is 0 Å². The first-order valence-electron chi connectivity index (χ1n) is 5.82. The number of aromatic nitrogens is 2. The Bertz CT molecular complexity index is 449. The van der Waals surface area contributed by atoms with E-state index in [2.05, 4.69) is 65.8 Å². The van der Waals surface area contributed by atoms with E-state index in [1.54, 1.807) is 0 Å². The van der Waals surface area contributed by atoms with Crippen LogP contribution in [0.25, 0.3) is 0 Å². The summed E-state index contributed by atoms with van der Waals surface area (Å²) in [5, 5.41) is 0. The third kappa shape index (κ3) is 3.43. The van der Waals surface area contributed by atoms with Crippen molar-refractivity contribution in [2.75, 3.05) is 0 Å². The second kappa shape index (κ2) is 6.21. The van der Waals surface area contributed by atoms with Gasteiger partial charge in [0.25, 0.3) is 5.82 Å². The molecule has 1 aromatic carbocycles. The van der Waals surface area contributed by atoms with Gasteiger partial charge in [0, 0.05) is 6.92 Å². The molecule has 2 rings (SSSR count). The van der Waals surface area contributed by atoms with E-state index in [1.165, 1.54) is 17.8 Å². The second-order valence-electron chi connectivity index (χ2n) is 4.24. The molecule has 0 aliphatic rings. The second-order valence-corrected chi connectivity index (χ2v) is 4.24. The van der Waals surface area contributed by atoms with Crippen molar-refractivity contribution < 1.29 is 10.0 Å². The molecule has 0 aliphatic carbocycles. The summed E-state index contributed by atoms with van der Waals surface area (Å²) in [7, 11) is 2.09. The normalized spacial score (nSPS) is 10.0. The Morgan fingerprint density at radius 1 is 1.18 bits per heavy atom. The fraction of sp³-hybridized carbons (Fsp3) is 0.357. The van der Waals surface area contributed by atoms with Gasteiger partial charge in [-0.15, -0.1) is 0 Å². The van der Waals surface area contributed by atoms with Crippen LogP contribution in [0.2, 0.25) is 0 Å². The zero-order valence-corrected chi connectivity index (χ0v) is 10.5. The molecule has 17 heavy (non-hydrogen) atoms. The highest BCUT2D eigenvalue weighted by atomic mass is 16.0. The Balaban J connectivity index is 0.00000144. The van der Waals surface area contributed by atoms with Gasteiger partial charge in [-0.1, -0.05) is 30.3 Å². The lowest BCUT2D eigenvalue weighted by Crippen LogP contribution is -2.29. The lowest BCUT2D eigenvalue weighted by molar-refractivity contribution is -0.677. The predicted molar refractivity (Wildman–Crippen MR) is 67.0 cm³/mol. The fourth-order valence-electron chi connectivity index (χ4n) is 1.93. The number of rotatable bonds is 4. The summed E-state index contributed by atoms with van der Waals surface area (Å²) in [6.07, 6.45) is 6.61. The van der Waals surface area contributed by atoms with E-state index in [0.29, 0.717) is 0 Å². The van der Waals surface area contributed by atoms with Gasteiger partial charge in [-0.05, 0) is 18.4 Å². The Hall–Kier alpha value is -1.61. The summed E-state index contributed by atoms with van der Waals surface area (Å²) in [6, 6.07) is 10.7. The van der Waals surface area contributed by atoms with Crippen molar-refractivity contribution in [2.24, 2.45) is 7.05 Å². The van der Waals surface area contributed by atoms with E-state index in [0.717, 1.165) is 13.0 Å². The SMILES string of the molecule is Cc1n(CCCc2ccccc2)cc[n+]1C.[OH-].